The number of hydrogen-bond acceptors (Lipinski definition) is 4. The first-order valence-electron chi connectivity index (χ1n) is 8.21. The number of benzene rings is 3. The summed E-state index contributed by atoms with van der Waals surface area (Å²) in [5.41, 5.74) is 3.34. The average Bonchev–Trinajstić information content (AvgIpc) is 2.72. The van der Waals surface area contributed by atoms with Crippen LogP contribution in [0.3, 0.4) is 0 Å². The van der Waals surface area contributed by atoms with Gasteiger partial charge in [0.1, 0.15) is 37.3 Å². The Morgan fingerprint density at radius 3 is 1.19 bits per heavy atom. The molecule has 0 fully saturated rings. The van der Waals surface area contributed by atoms with E-state index in [1.807, 2.05) is 24.3 Å². The first kappa shape index (κ1) is 17.4. The van der Waals surface area contributed by atoms with Crippen molar-refractivity contribution in [3.05, 3.63) is 95.1 Å². The first-order valence-corrected chi connectivity index (χ1v) is 8.21. The van der Waals surface area contributed by atoms with E-state index in [-0.39, 0.29) is 0 Å². The van der Waals surface area contributed by atoms with E-state index in [2.05, 4.69) is 0 Å². The van der Waals surface area contributed by atoms with Gasteiger partial charge in [0.25, 0.3) is 0 Å². The predicted molar refractivity (Wildman–Crippen MR) is 98.8 cm³/mol. The van der Waals surface area contributed by atoms with Crippen molar-refractivity contribution in [1.29, 1.82) is 0 Å². The van der Waals surface area contributed by atoms with Gasteiger partial charge in [0.2, 0.25) is 0 Å². The van der Waals surface area contributed by atoms with Crippen molar-refractivity contribution in [2.45, 2.75) is 13.2 Å². The molecule has 4 nitrogen and oxygen atoms in total. The van der Waals surface area contributed by atoms with Crippen LogP contribution in [0.15, 0.2) is 72.8 Å². The minimum absolute atomic E-state index is 0.453. The van der Waals surface area contributed by atoms with Crippen molar-refractivity contribution in [2.75, 3.05) is 0 Å². The Bertz CT molecular complexity index is 776. The van der Waals surface area contributed by atoms with Crippen LogP contribution in [0.25, 0.3) is 0 Å². The lowest BCUT2D eigenvalue weighted by molar-refractivity contribution is 0.111. The number of rotatable bonds is 8. The molecule has 0 aliphatic rings. The number of carbonyl (C=O) groups is 2. The molecule has 0 aromatic heterocycles. The Balaban J connectivity index is 1.50. The van der Waals surface area contributed by atoms with Crippen LogP contribution in [-0.2, 0) is 13.2 Å². The van der Waals surface area contributed by atoms with Crippen LogP contribution in [0.2, 0.25) is 0 Å². The van der Waals surface area contributed by atoms with E-state index in [0.717, 1.165) is 35.2 Å². The topological polar surface area (TPSA) is 52.6 Å². The number of aldehydes is 2. The van der Waals surface area contributed by atoms with Crippen LogP contribution in [-0.4, -0.2) is 12.6 Å². The van der Waals surface area contributed by atoms with Gasteiger partial charge >= 0.3 is 0 Å². The Hall–Kier alpha value is -3.40. The maximum Gasteiger partial charge on any atom is 0.150 e. The van der Waals surface area contributed by atoms with Crippen molar-refractivity contribution < 1.29 is 19.1 Å². The minimum atomic E-state index is 0.453. The summed E-state index contributed by atoms with van der Waals surface area (Å²) in [6.07, 6.45) is 1.61. The molecule has 0 bridgehead atoms. The molecule has 0 atom stereocenters. The summed E-state index contributed by atoms with van der Waals surface area (Å²) < 4.78 is 11.4. The summed E-state index contributed by atoms with van der Waals surface area (Å²) in [7, 11) is 0. The second-order valence-corrected chi connectivity index (χ2v) is 5.77. The average molecular weight is 346 g/mol. The molecule has 0 aliphatic heterocycles. The molecule has 3 aromatic rings. The van der Waals surface area contributed by atoms with Gasteiger partial charge in [-0.2, -0.15) is 0 Å². The SMILES string of the molecule is O=Cc1ccc(OCc2ccc(COc3ccc(C=O)cc3)cc2)cc1. The van der Waals surface area contributed by atoms with E-state index in [0.29, 0.717) is 24.3 Å². The summed E-state index contributed by atoms with van der Waals surface area (Å²) in [6, 6.07) is 22.0. The second kappa shape index (κ2) is 8.62. The van der Waals surface area contributed by atoms with Crippen molar-refractivity contribution in [1.82, 2.24) is 0 Å². The van der Waals surface area contributed by atoms with Crippen molar-refractivity contribution >= 4 is 12.6 Å². The molecule has 4 heteroatoms. The third-order valence-corrected chi connectivity index (χ3v) is 3.87. The molecule has 0 aliphatic carbocycles. The zero-order chi connectivity index (χ0) is 18.2. The minimum Gasteiger partial charge on any atom is -0.489 e. The third kappa shape index (κ3) is 4.80. The maximum atomic E-state index is 10.6. The molecule has 0 unspecified atom stereocenters. The van der Waals surface area contributed by atoms with Crippen LogP contribution < -0.4 is 9.47 Å². The number of carbonyl (C=O) groups excluding carboxylic acids is 2. The standard InChI is InChI=1S/C22H18O4/c23-13-17-5-9-21(10-6-17)25-15-19-1-2-20(4-3-19)16-26-22-11-7-18(14-24)8-12-22/h1-14H,15-16H2. The van der Waals surface area contributed by atoms with Gasteiger partial charge in [-0.05, 0) is 59.7 Å². The highest BCUT2D eigenvalue weighted by Crippen LogP contribution is 2.16. The van der Waals surface area contributed by atoms with E-state index in [1.54, 1.807) is 48.5 Å². The second-order valence-electron chi connectivity index (χ2n) is 5.77. The normalized spacial score (nSPS) is 10.2. The van der Waals surface area contributed by atoms with Crippen LogP contribution in [0.5, 0.6) is 11.5 Å². The highest BCUT2D eigenvalue weighted by molar-refractivity contribution is 5.75. The maximum absolute atomic E-state index is 10.6. The first-order chi connectivity index (χ1) is 12.8. The smallest absolute Gasteiger partial charge is 0.150 e. The molecule has 26 heavy (non-hydrogen) atoms. The van der Waals surface area contributed by atoms with Crippen LogP contribution in [0, 0.1) is 0 Å². The molecule has 3 rings (SSSR count). The van der Waals surface area contributed by atoms with E-state index < -0.39 is 0 Å². The lowest BCUT2D eigenvalue weighted by Gasteiger charge is -2.09. The molecule has 0 saturated heterocycles. The van der Waals surface area contributed by atoms with Gasteiger partial charge in [0.15, 0.2) is 0 Å². The van der Waals surface area contributed by atoms with Gasteiger partial charge < -0.3 is 9.47 Å². The van der Waals surface area contributed by atoms with Gasteiger partial charge in [-0.25, -0.2) is 0 Å². The summed E-state index contributed by atoms with van der Waals surface area (Å²) in [6.45, 7) is 0.906. The fraction of sp³-hybridized carbons (Fsp3) is 0.0909. The highest BCUT2D eigenvalue weighted by Gasteiger charge is 2.00. The molecule has 3 aromatic carbocycles. The molecule has 0 N–H and O–H groups in total. The summed E-state index contributed by atoms with van der Waals surface area (Å²) in [5, 5.41) is 0. The van der Waals surface area contributed by atoms with Gasteiger partial charge in [-0.3, -0.25) is 9.59 Å². The van der Waals surface area contributed by atoms with Gasteiger partial charge in [-0.15, -0.1) is 0 Å². The van der Waals surface area contributed by atoms with Crippen LogP contribution in [0.1, 0.15) is 31.8 Å². The zero-order valence-corrected chi connectivity index (χ0v) is 14.1. The van der Waals surface area contributed by atoms with Crippen molar-refractivity contribution in [3.8, 4) is 11.5 Å². The molecule has 130 valence electrons. The lowest BCUT2D eigenvalue weighted by atomic mass is 10.1. The molecular weight excluding hydrogens is 328 g/mol. The molecule has 0 amide bonds. The van der Waals surface area contributed by atoms with Crippen LogP contribution >= 0.6 is 0 Å². The molecule has 0 heterocycles. The largest absolute Gasteiger partial charge is 0.489 e. The number of hydrogen-bond donors (Lipinski definition) is 0. The van der Waals surface area contributed by atoms with Gasteiger partial charge in [0.05, 0.1) is 0 Å². The predicted octanol–water partition coefficient (Wildman–Crippen LogP) is 4.47. The highest BCUT2D eigenvalue weighted by atomic mass is 16.5. The third-order valence-electron chi connectivity index (χ3n) is 3.87. The molecule has 0 radical (unpaired) electrons. The summed E-state index contributed by atoms with van der Waals surface area (Å²) in [5.74, 6) is 1.45. The zero-order valence-electron chi connectivity index (χ0n) is 14.1. The van der Waals surface area contributed by atoms with Gasteiger partial charge in [-0.1, -0.05) is 24.3 Å². The Kier molecular flexibility index (Phi) is 5.78. The Morgan fingerprint density at radius 1 is 0.538 bits per heavy atom. The van der Waals surface area contributed by atoms with Crippen molar-refractivity contribution in [2.24, 2.45) is 0 Å². The van der Waals surface area contributed by atoms with Crippen LogP contribution in [0.4, 0.5) is 0 Å². The van der Waals surface area contributed by atoms with E-state index >= 15 is 0 Å². The molecular formula is C22H18O4. The van der Waals surface area contributed by atoms with E-state index in [9.17, 15) is 9.59 Å². The van der Waals surface area contributed by atoms with E-state index in [1.165, 1.54) is 0 Å². The lowest BCUT2D eigenvalue weighted by Crippen LogP contribution is -1.98. The summed E-state index contributed by atoms with van der Waals surface area (Å²) >= 11 is 0. The molecule has 0 saturated carbocycles. The quantitative estimate of drug-likeness (QED) is 0.565. The monoisotopic (exact) mass is 346 g/mol. The Labute approximate surface area is 152 Å². The molecule has 0 spiro atoms. The fourth-order valence-electron chi connectivity index (χ4n) is 2.35. The summed E-state index contributed by atoms with van der Waals surface area (Å²) in [4.78, 5) is 21.3. The number of ether oxygens (including phenoxy) is 2. The van der Waals surface area contributed by atoms with Crippen molar-refractivity contribution in [3.63, 3.8) is 0 Å². The fourth-order valence-corrected chi connectivity index (χ4v) is 2.35. The Morgan fingerprint density at radius 2 is 0.885 bits per heavy atom. The van der Waals surface area contributed by atoms with E-state index in [4.69, 9.17) is 9.47 Å². The van der Waals surface area contributed by atoms with Gasteiger partial charge in [0, 0.05) is 11.1 Å².